The first-order valence-corrected chi connectivity index (χ1v) is 3.97. The third-order valence-electron chi connectivity index (χ3n) is 1.73. The van der Waals surface area contributed by atoms with Crippen LogP contribution in [0.25, 0.3) is 0 Å². The van der Waals surface area contributed by atoms with E-state index in [-0.39, 0.29) is 11.4 Å². The Kier molecular flexibility index (Phi) is 2.85. The topological polar surface area (TPSA) is 86.2 Å². The molecule has 0 atom stereocenters. The molecule has 70 valence electrons. The second-order valence-electron chi connectivity index (χ2n) is 3.09. The molecule has 0 amide bonds. The van der Waals surface area contributed by atoms with Crippen molar-refractivity contribution in [3.05, 3.63) is 22.4 Å². The molecule has 5 nitrogen and oxygen atoms in total. The van der Waals surface area contributed by atoms with Gasteiger partial charge >= 0.3 is 12.8 Å². The van der Waals surface area contributed by atoms with Crippen LogP contribution in [0.4, 0.5) is 0 Å². The van der Waals surface area contributed by atoms with Crippen LogP contribution in [-0.2, 0) is 0 Å². The molecule has 13 heavy (non-hydrogen) atoms. The normalized spacial score (nSPS) is 10.5. The molecule has 0 saturated heterocycles. The monoisotopic (exact) mass is 182 g/mol. The summed E-state index contributed by atoms with van der Waals surface area (Å²) in [5, 5.41) is 17.9. The summed E-state index contributed by atoms with van der Waals surface area (Å²) in [5.74, 6) is 0.0208. The molecule has 0 unspecified atom stereocenters. The molecular formula is C7H11BN2O3. The summed E-state index contributed by atoms with van der Waals surface area (Å²) >= 11 is 0. The van der Waals surface area contributed by atoms with Gasteiger partial charge in [-0.3, -0.25) is 0 Å². The quantitative estimate of drug-likeness (QED) is 0.489. The third kappa shape index (κ3) is 2.16. The van der Waals surface area contributed by atoms with E-state index in [1.165, 1.54) is 6.20 Å². The molecule has 0 aliphatic carbocycles. The number of rotatable bonds is 2. The fraction of sp³-hybridized carbons (Fsp3) is 0.429. The van der Waals surface area contributed by atoms with Crippen molar-refractivity contribution in [1.82, 2.24) is 9.97 Å². The molecule has 0 aromatic carbocycles. The van der Waals surface area contributed by atoms with E-state index >= 15 is 0 Å². The summed E-state index contributed by atoms with van der Waals surface area (Å²) < 4.78 is 0. The lowest BCUT2D eigenvalue weighted by Gasteiger charge is -2.09. The van der Waals surface area contributed by atoms with Crippen molar-refractivity contribution in [2.45, 2.75) is 19.8 Å². The maximum atomic E-state index is 10.8. The van der Waals surface area contributed by atoms with Crippen molar-refractivity contribution in [1.29, 1.82) is 0 Å². The van der Waals surface area contributed by atoms with Gasteiger partial charge in [0, 0.05) is 17.4 Å². The summed E-state index contributed by atoms with van der Waals surface area (Å²) in [6, 6.07) is 0. The van der Waals surface area contributed by atoms with Crippen LogP contribution in [0.3, 0.4) is 0 Å². The van der Waals surface area contributed by atoms with Crippen LogP contribution in [0.1, 0.15) is 25.5 Å². The minimum Gasteiger partial charge on any atom is -0.423 e. The zero-order valence-electron chi connectivity index (χ0n) is 7.48. The van der Waals surface area contributed by atoms with Crippen LogP contribution in [0.2, 0.25) is 0 Å². The van der Waals surface area contributed by atoms with E-state index in [0.717, 1.165) is 0 Å². The number of hydrogen-bond donors (Lipinski definition) is 3. The largest absolute Gasteiger partial charge is 0.491 e. The molecule has 0 saturated carbocycles. The van der Waals surface area contributed by atoms with Crippen LogP contribution in [0, 0.1) is 0 Å². The van der Waals surface area contributed by atoms with Gasteiger partial charge in [0.1, 0.15) is 0 Å². The van der Waals surface area contributed by atoms with E-state index in [2.05, 4.69) is 9.97 Å². The molecule has 1 heterocycles. The molecule has 0 aliphatic heterocycles. The minimum absolute atomic E-state index is 0.0208. The SMILES string of the molecule is CC(C)c1[nH]c(=O)ncc1B(O)O. The predicted octanol–water partition coefficient (Wildman–Crippen LogP) is -1.43. The molecule has 0 aliphatic rings. The highest BCUT2D eigenvalue weighted by Gasteiger charge is 2.18. The number of hydrogen-bond acceptors (Lipinski definition) is 4. The second-order valence-corrected chi connectivity index (χ2v) is 3.09. The Morgan fingerprint density at radius 3 is 2.62 bits per heavy atom. The van der Waals surface area contributed by atoms with Crippen LogP contribution in [-0.4, -0.2) is 27.1 Å². The molecule has 6 heteroatoms. The lowest BCUT2D eigenvalue weighted by molar-refractivity contribution is 0.424. The highest BCUT2D eigenvalue weighted by Crippen LogP contribution is 2.05. The lowest BCUT2D eigenvalue weighted by atomic mass is 9.78. The van der Waals surface area contributed by atoms with Gasteiger partial charge in [-0.15, -0.1) is 0 Å². The number of aromatic nitrogens is 2. The van der Waals surface area contributed by atoms with Crippen molar-refractivity contribution in [2.75, 3.05) is 0 Å². The van der Waals surface area contributed by atoms with E-state index in [4.69, 9.17) is 10.0 Å². The Bertz CT molecular complexity index is 348. The summed E-state index contributed by atoms with van der Waals surface area (Å²) in [7, 11) is -1.60. The van der Waals surface area contributed by atoms with Crippen molar-refractivity contribution in [3.8, 4) is 0 Å². The van der Waals surface area contributed by atoms with Gasteiger partial charge in [-0.2, -0.15) is 0 Å². The van der Waals surface area contributed by atoms with E-state index in [0.29, 0.717) is 5.69 Å². The predicted molar refractivity (Wildman–Crippen MR) is 48.8 cm³/mol. The molecule has 1 aromatic rings. The van der Waals surface area contributed by atoms with Crippen LogP contribution < -0.4 is 11.2 Å². The smallest absolute Gasteiger partial charge is 0.423 e. The van der Waals surface area contributed by atoms with Gasteiger partial charge in [0.15, 0.2) is 0 Å². The number of nitrogens with one attached hydrogen (secondary N) is 1. The van der Waals surface area contributed by atoms with Crippen LogP contribution in [0.15, 0.2) is 11.0 Å². The van der Waals surface area contributed by atoms with Gasteiger partial charge in [0.05, 0.1) is 0 Å². The minimum atomic E-state index is -1.60. The lowest BCUT2D eigenvalue weighted by Crippen LogP contribution is -2.37. The second kappa shape index (κ2) is 3.72. The van der Waals surface area contributed by atoms with Crippen LogP contribution >= 0.6 is 0 Å². The average molecular weight is 182 g/mol. The van der Waals surface area contributed by atoms with Crippen molar-refractivity contribution in [2.24, 2.45) is 0 Å². The summed E-state index contributed by atoms with van der Waals surface area (Å²) in [5.41, 5.74) is 0.276. The van der Waals surface area contributed by atoms with Gasteiger partial charge in [0.25, 0.3) is 0 Å². The third-order valence-corrected chi connectivity index (χ3v) is 1.73. The first kappa shape index (κ1) is 9.95. The fourth-order valence-corrected chi connectivity index (χ4v) is 1.10. The fourth-order valence-electron chi connectivity index (χ4n) is 1.10. The van der Waals surface area contributed by atoms with Crippen molar-refractivity contribution in [3.63, 3.8) is 0 Å². The Morgan fingerprint density at radius 1 is 1.54 bits per heavy atom. The van der Waals surface area contributed by atoms with Crippen molar-refractivity contribution < 1.29 is 10.0 Å². The molecule has 0 radical (unpaired) electrons. The van der Waals surface area contributed by atoms with Crippen molar-refractivity contribution >= 4 is 12.6 Å². The average Bonchev–Trinajstić information content (AvgIpc) is 2.03. The first-order valence-electron chi connectivity index (χ1n) is 3.97. The van der Waals surface area contributed by atoms with E-state index < -0.39 is 12.8 Å². The Labute approximate surface area is 75.6 Å². The molecule has 0 spiro atoms. The zero-order chi connectivity index (χ0) is 10.0. The maximum absolute atomic E-state index is 10.8. The van der Waals surface area contributed by atoms with E-state index in [9.17, 15) is 4.79 Å². The summed E-state index contributed by atoms with van der Waals surface area (Å²) in [4.78, 5) is 16.7. The summed E-state index contributed by atoms with van der Waals surface area (Å²) in [6.45, 7) is 3.69. The maximum Gasteiger partial charge on any atom is 0.491 e. The number of H-pyrrole nitrogens is 1. The molecule has 0 fully saturated rings. The number of nitrogens with zero attached hydrogens (tertiary/aromatic N) is 1. The molecule has 0 bridgehead atoms. The van der Waals surface area contributed by atoms with Crippen LogP contribution in [0.5, 0.6) is 0 Å². The first-order chi connectivity index (χ1) is 6.02. The Morgan fingerprint density at radius 2 is 2.15 bits per heavy atom. The van der Waals surface area contributed by atoms with Gasteiger partial charge in [-0.05, 0) is 5.92 Å². The molecule has 3 N–H and O–H groups in total. The van der Waals surface area contributed by atoms with Gasteiger partial charge in [-0.25, -0.2) is 9.78 Å². The van der Waals surface area contributed by atoms with E-state index in [1.807, 2.05) is 13.8 Å². The molecular weight excluding hydrogens is 171 g/mol. The van der Waals surface area contributed by atoms with Gasteiger partial charge < -0.3 is 15.0 Å². The Balaban J connectivity index is 3.27. The highest BCUT2D eigenvalue weighted by atomic mass is 16.4. The molecule has 1 rings (SSSR count). The standard InChI is InChI=1S/C7H11BN2O3/c1-4(2)6-5(8(12)13)3-9-7(11)10-6/h3-4,12-13H,1-2H3,(H,9,10,11). The number of aromatic amines is 1. The summed E-state index contributed by atoms with van der Waals surface area (Å²) in [6.07, 6.45) is 1.18. The molecule has 1 aromatic heterocycles. The van der Waals surface area contributed by atoms with Gasteiger partial charge in [0.2, 0.25) is 0 Å². The highest BCUT2D eigenvalue weighted by molar-refractivity contribution is 6.59. The van der Waals surface area contributed by atoms with E-state index in [1.54, 1.807) is 0 Å². The van der Waals surface area contributed by atoms with Gasteiger partial charge in [-0.1, -0.05) is 13.8 Å². The Hall–Kier alpha value is -1.14. The zero-order valence-corrected chi connectivity index (χ0v) is 7.48.